The fourth-order valence-corrected chi connectivity index (χ4v) is 5.66. The molecule has 0 unspecified atom stereocenters. The summed E-state index contributed by atoms with van der Waals surface area (Å²) in [6.07, 6.45) is 0.828. The molecule has 2 heterocycles. The van der Waals surface area contributed by atoms with Crippen LogP contribution in [0.15, 0.2) is 66.2 Å². The normalized spacial score (nSPS) is 16.6. The Labute approximate surface area is 230 Å². The van der Waals surface area contributed by atoms with Crippen LogP contribution in [-0.4, -0.2) is 42.6 Å². The van der Waals surface area contributed by atoms with E-state index in [0.29, 0.717) is 45.6 Å². The molecule has 0 bridgehead atoms. The fraction of sp³-hybridized carbons (Fsp3) is 0.233. The van der Waals surface area contributed by atoms with E-state index in [2.05, 4.69) is 4.98 Å². The van der Waals surface area contributed by atoms with Crippen molar-refractivity contribution in [2.45, 2.75) is 26.3 Å². The summed E-state index contributed by atoms with van der Waals surface area (Å²) < 4.78 is 17.3. The zero-order valence-corrected chi connectivity index (χ0v) is 22.9. The molecule has 1 atom stereocenters. The van der Waals surface area contributed by atoms with Crippen molar-refractivity contribution in [3.8, 4) is 17.2 Å². The highest BCUT2D eigenvalue weighted by atomic mass is 32.1. The fourth-order valence-electron chi connectivity index (χ4n) is 4.64. The largest absolute Gasteiger partial charge is 0.507 e. The van der Waals surface area contributed by atoms with E-state index in [4.69, 9.17) is 14.2 Å². The van der Waals surface area contributed by atoms with Gasteiger partial charge in [0.05, 0.1) is 42.7 Å². The molecule has 1 fully saturated rings. The number of aromatic nitrogens is 1. The highest BCUT2D eigenvalue weighted by molar-refractivity contribution is 7.22. The van der Waals surface area contributed by atoms with Crippen LogP contribution in [0.3, 0.4) is 0 Å². The Bertz CT molecular complexity index is 1610. The Kier molecular flexibility index (Phi) is 7.26. The first-order valence-corrected chi connectivity index (χ1v) is 13.3. The SMILES string of the molecule is CCCOc1cccc([C@@H]2C(=C(O)c3ccc(OC)c(C)c3)C(=O)C(=O)N2c2nc3ccc(OC)cc3s2)c1. The van der Waals surface area contributed by atoms with Crippen molar-refractivity contribution in [3.63, 3.8) is 0 Å². The van der Waals surface area contributed by atoms with Crippen LogP contribution in [0.5, 0.6) is 17.2 Å². The number of methoxy groups -OCH3 is 2. The number of ketones is 1. The van der Waals surface area contributed by atoms with Crippen LogP contribution in [0.4, 0.5) is 5.13 Å². The predicted molar refractivity (Wildman–Crippen MR) is 151 cm³/mol. The van der Waals surface area contributed by atoms with Gasteiger partial charge in [-0.25, -0.2) is 4.98 Å². The second kappa shape index (κ2) is 10.8. The number of nitrogens with zero attached hydrogens (tertiary/aromatic N) is 2. The average molecular weight is 545 g/mol. The van der Waals surface area contributed by atoms with Crippen LogP contribution in [0.1, 0.15) is 36.1 Å². The molecule has 4 aromatic rings. The number of thiazole rings is 1. The van der Waals surface area contributed by atoms with Crippen molar-refractivity contribution in [1.29, 1.82) is 0 Å². The van der Waals surface area contributed by atoms with E-state index in [1.807, 2.05) is 32.0 Å². The quantitative estimate of drug-likeness (QED) is 0.164. The molecule has 1 saturated heterocycles. The third-order valence-electron chi connectivity index (χ3n) is 6.55. The number of fused-ring (bicyclic) bond motifs is 1. The zero-order chi connectivity index (χ0) is 27.7. The average Bonchev–Trinajstić information content (AvgIpc) is 3.48. The second-order valence-corrected chi connectivity index (χ2v) is 10.1. The molecule has 1 aromatic heterocycles. The van der Waals surface area contributed by atoms with Crippen molar-refractivity contribution < 1.29 is 28.9 Å². The topological polar surface area (TPSA) is 98.2 Å². The molecular formula is C30H28N2O6S. The van der Waals surface area contributed by atoms with E-state index in [1.165, 1.54) is 16.2 Å². The summed E-state index contributed by atoms with van der Waals surface area (Å²) >= 11 is 1.27. The maximum atomic E-state index is 13.6. The molecule has 1 aliphatic rings. The van der Waals surface area contributed by atoms with E-state index in [1.54, 1.807) is 56.7 Å². The third-order valence-corrected chi connectivity index (χ3v) is 7.57. The number of benzene rings is 3. The smallest absolute Gasteiger partial charge is 0.301 e. The number of carbonyl (C=O) groups is 2. The van der Waals surface area contributed by atoms with Crippen LogP contribution in [0.2, 0.25) is 0 Å². The summed E-state index contributed by atoms with van der Waals surface area (Å²) in [7, 11) is 3.14. The van der Waals surface area contributed by atoms with Crippen LogP contribution < -0.4 is 19.1 Å². The maximum absolute atomic E-state index is 13.6. The maximum Gasteiger partial charge on any atom is 0.301 e. The van der Waals surface area contributed by atoms with Gasteiger partial charge in [-0.1, -0.05) is 30.4 Å². The molecule has 3 aromatic carbocycles. The number of carbonyl (C=O) groups excluding carboxylic acids is 2. The number of Topliss-reactive ketones (excluding diaryl/α,β-unsaturated/α-hetero) is 1. The summed E-state index contributed by atoms with van der Waals surface area (Å²) in [6, 6.07) is 16.9. The standard InChI is InChI=1S/C30H28N2O6S/c1-5-13-38-21-8-6-7-18(15-21)26-25(27(33)19-9-12-23(37-4)17(2)14-19)28(34)29(35)32(26)30-31-22-11-10-20(36-3)16-24(22)39-30/h6-12,14-16,26,33H,5,13H2,1-4H3/t26-/m1/s1. The summed E-state index contributed by atoms with van der Waals surface area (Å²) in [5.74, 6) is 0.0880. The molecule has 39 heavy (non-hydrogen) atoms. The van der Waals surface area contributed by atoms with E-state index in [9.17, 15) is 14.7 Å². The van der Waals surface area contributed by atoms with E-state index < -0.39 is 17.7 Å². The Balaban J connectivity index is 1.70. The number of ether oxygens (including phenoxy) is 3. The summed E-state index contributed by atoms with van der Waals surface area (Å²) in [6.45, 7) is 4.38. The second-order valence-electron chi connectivity index (χ2n) is 9.10. The van der Waals surface area contributed by atoms with Crippen molar-refractivity contribution in [2.24, 2.45) is 0 Å². The summed E-state index contributed by atoms with van der Waals surface area (Å²) in [5, 5.41) is 11.8. The van der Waals surface area contributed by atoms with E-state index >= 15 is 0 Å². The highest BCUT2D eigenvalue weighted by Crippen LogP contribution is 2.45. The molecule has 1 N–H and O–H groups in total. The van der Waals surface area contributed by atoms with Crippen molar-refractivity contribution >= 4 is 44.1 Å². The van der Waals surface area contributed by atoms with Gasteiger partial charge in [0, 0.05) is 5.56 Å². The minimum absolute atomic E-state index is 0.0194. The lowest BCUT2D eigenvalue weighted by Gasteiger charge is -2.23. The minimum atomic E-state index is -0.917. The van der Waals surface area contributed by atoms with Crippen LogP contribution in [0.25, 0.3) is 16.0 Å². The van der Waals surface area contributed by atoms with Crippen LogP contribution in [-0.2, 0) is 9.59 Å². The van der Waals surface area contributed by atoms with Gasteiger partial charge in [-0.2, -0.15) is 0 Å². The first-order valence-electron chi connectivity index (χ1n) is 12.5. The zero-order valence-electron chi connectivity index (χ0n) is 22.1. The van der Waals surface area contributed by atoms with Crippen LogP contribution in [0, 0.1) is 6.92 Å². The predicted octanol–water partition coefficient (Wildman–Crippen LogP) is 6.04. The Morgan fingerprint density at radius 2 is 1.85 bits per heavy atom. The van der Waals surface area contributed by atoms with Gasteiger partial charge < -0.3 is 19.3 Å². The van der Waals surface area contributed by atoms with Gasteiger partial charge in [-0.15, -0.1) is 0 Å². The van der Waals surface area contributed by atoms with Crippen molar-refractivity contribution in [3.05, 3.63) is 82.9 Å². The number of rotatable bonds is 8. The Hall–Kier alpha value is -4.37. The molecule has 8 nitrogen and oxygen atoms in total. The monoisotopic (exact) mass is 544 g/mol. The first kappa shape index (κ1) is 26.2. The van der Waals surface area contributed by atoms with Gasteiger partial charge >= 0.3 is 5.91 Å². The molecule has 5 rings (SSSR count). The number of anilines is 1. The van der Waals surface area contributed by atoms with E-state index in [0.717, 1.165) is 16.7 Å². The van der Waals surface area contributed by atoms with Gasteiger partial charge in [0.1, 0.15) is 23.0 Å². The van der Waals surface area contributed by atoms with Gasteiger partial charge in [0.25, 0.3) is 5.78 Å². The van der Waals surface area contributed by atoms with Gasteiger partial charge in [0.2, 0.25) is 0 Å². The highest BCUT2D eigenvalue weighted by Gasteiger charge is 2.48. The first-order chi connectivity index (χ1) is 18.9. The molecular weight excluding hydrogens is 516 g/mol. The molecule has 0 aliphatic carbocycles. The Morgan fingerprint density at radius 1 is 1.03 bits per heavy atom. The lowest BCUT2D eigenvalue weighted by molar-refractivity contribution is -0.132. The van der Waals surface area contributed by atoms with Gasteiger partial charge in [-0.05, 0) is 73.0 Å². The molecule has 9 heteroatoms. The molecule has 0 saturated carbocycles. The Morgan fingerprint density at radius 3 is 2.56 bits per heavy atom. The van der Waals surface area contributed by atoms with Gasteiger partial charge in [0.15, 0.2) is 5.13 Å². The lowest BCUT2D eigenvalue weighted by atomic mass is 9.94. The van der Waals surface area contributed by atoms with Crippen LogP contribution >= 0.6 is 11.3 Å². The number of hydrogen-bond acceptors (Lipinski definition) is 8. The lowest BCUT2D eigenvalue weighted by Crippen LogP contribution is -2.29. The van der Waals surface area contributed by atoms with E-state index in [-0.39, 0.29) is 11.3 Å². The summed E-state index contributed by atoms with van der Waals surface area (Å²) in [4.78, 5) is 33.2. The molecule has 200 valence electrons. The van der Waals surface area contributed by atoms with Crippen molar-refractivity contribution in [1.82, 2.24) is 4.98 Å². The molecule has 0 spiro atoms. The number of hydrogen-bond donors (Lipinski definition) is 1. The van der Waals surface area contributed by atoms with Crippen molar-refractivity contribution in [2.75, 3.05) is 25.7 Å². The van der Waals surface area contributed by atoms with Gasteiger partial charge in [-0.3, -0.25) is 14.5 Å². The minimum Gasteiger partial charge on any atom is -0.507 e. The number of aliphatic hydroxyl groups is 1. The number of amides is 1. The molecule has 1 amide bonds. The molecule has 1 aliphatic heterocycles. The molecule has 0 radical (unpaired) electrons. The third kappa shape index (κ3) is 4.81. The number of aryl methyl sites for hydroxylation is 1. The number of aliphatic hydroxyl groups excluding tert-OH is 1. The summed E-state index contributed by atoms with van der Waals surface area (Å²) in [5.41, 5.74) is 2.45.